The number of nitrogens with zero attached hydrogens (tertiary/aromatic N) is 7. The fourth-order valence-electron chi connectivity index (χ4n) is 4.52. The zero-order chi connectivity index (χ0) is 28.1. The van der Waals surface area contributed by atoms with Crippen LogP contribution >= 0.6 is 11.6 Å². The second-order valence-corrected chi connectivity index (χ2v) is 9.41. The van der Waals surface area contributed by atoms with Gasteiger partial charge in [-0.1, -0.05) is 78.6 Å². The number of aromatic nitrogens is 7. The molecule has 5 rings (SSSR count). The molecule has 5 aromatic rings. The third-order valence-corrected chi connectivity index (χ3v) is 6.77. The number of tetrazole rings is 1. The first kappa shape index (κ1) is 26.7. The predicted octanol–water partition coefficient (Wildman–Crippen LogP) is 4.45. The molecule has 0 saturated carbocycles. The van der Waals surface area contributed by atoms with E-state index < -0.39 is 5.78 Å². The molecule has 2 aromatic carbocycles. The van der Waals surface area contributed by atoms with E-state index >= 15 is 0 Å². The van der Waals surface area contributed by atoms with Crippen molar-refractivity contribution in [3.8, 4) is 22.5 Å². The second-order valence-electron chi connectivity index (χ2n) is 9.05. The van der Waals surface area contributed by atoms with Crippen LogP contribution in [0.1, 0.15) is 53.0 Å². The Balaban J connectivity index is 1.51. The summed E-state index contributed by atoms with van der Waals surface area (Å²) in [7, 11) is 0. The molecule has 0 aliphatic heterocycles. The van der Waals surface area contributed by atoms with Gasteiger partial charge in [0.1, 0.15) is 17.7 Å². The maximum absolute atomic E-state index is 13.6. The zero-order valence-corrected chi connectivity index (χ0v) is 22.3. The van der Waals surface area contributed by atoms with Crippen LogP contribution in [0.4, 0.5) is 0 Å². The smallest absolute Gasteiger partial charge is 0.277 e. The number of pyridine rings is 1. The number of H-pyrrole nitrogens is 1. The van der Waals surface area contributed by atoms with Gasteiger partial charge in [-0.2, -0.15) is 4.73 Å². The lowest BCUT2D eigenvalue weighted by Crippen LogP contribution is -2.39. The van der Waals surface area contributed by atoms with Crippen molar-refractivity contribution in [2.24, 2.45) is 5.16 Å². The highest BCUT2D eigenvalue weighted by molar-refractivity contribution is 6.33. The molecule has 202 valence electrons. The van der Waals surface area contributed by atoms with Gasteiger partial charge in [-0.25, -0.2) is 10.1 Å². The van der Waals surface area contributed by atoms with E-state index in [4.69, 9.17) is 16.8 Å². The minimum Gasteiger partial charge on any atom is -0.618 e. The van der Waals surface area contributed by atoms with E-state index in [1.165, 1.54) is 18.2 Å². The summed E-state index contributed by atoms with van der Waals surface area (Å²) in [5, 5.41) is 38.8. The Kier molecular flexibility index (Phi) is 7.92. The Labute approximate surface area is 234 Å². The lowest BCUT2D eigenvalue weighted by molar-refractivity contribution is -0.608. The Bertz CT molecular complexity index is 1660. The van der Waals surface area contributed by atoms with E-state index in [2.05, 4.69) is 37.7 Å². The zero-order valence-electron chi connectivity index (χ0n) is 21.5. The first-order valence-corrected chi connectivity index (χ1v) is 13.0. The molecule has 12 heteroatoms. The summed E-state index contributed by atoms with van der Waals surface area (Å²) in [5.41, 5.74) is 3.70. The third kappa shape index (κ3) is 5.32. The number of halogens is 1. The fourth-order valence-corrected chi connectivity index (χ4v) is 4.81. The van der Waals surface area contributed by atoms with Crippen molar-refractivity contribution in [1.82, 2.24) is 30.2 Å². The monoisotopic (exact) mass is 556 g/mol. The molecule has 0 atom stereocenters. The molecular weight excluding hydrogens is 532 g/mol. The highest BCUT2D eigenvalue weighted by Crippen LogP contribution is 2.30. The molecule has 0 aliphatic carbocycles. The van der Waals surface area contributed by atoms with Crippen LogP contribution in [-0.4, -0.2) is 47.4 Å². The van der Waals surface area contributed by atoms with E-state index in [0.29, 0.717) is 29.3 Å². The highest BCUT2D eigenvalue weighted by Gasteiger charge is 2.29. The molecule has 2 N–H and O–H groups in total. The molecule has 11 nitrogen and oxygen atoms in total. The molecule has 40 heavy (non-hydrogen) atoms. The second kappa shape index (κ2) is 11.9. The van der Waals surface area contributed by atoms with Crippen LogP contribution in [0, 0.1) is 5.21 Å². The highest BCUT2D eigenvalue weighted by atomic mass is 35.5. The van der Waals surface area contributed by atoms with E-state index in [-0.39, 0.29) is 22.2 Å². The number of benzene rings is 2. The first-order valence-electron chi connectivity index (χ1n) is 12.6. The lowest BCUT2D eigenvalue weighted by atomic mass is 9.98. The van der Waals surface area contributed by atoms with Gasteiger partial charge in [-0.05, 0) is 39.6 Å². The Hall–Kier alpha value is -4.90. The predicted molar refractivity (Wildman–Crippen MR) is 148 cm³/mol. The molecule has 0 spiro atoms. The van der Waals surface area contributed by atoms with Crippen LogP contribution in [0.5, 0.6) is 0 Å². The van der Waals surface area contributed by atoms with Gasteiger partial charge >= 0.3 is 0 Å². The Morgan fingerprint density at radius 3 is 2.60 bits per heavy atom. The van der Waals surface area contributed by atoms with Crippen LogP contribution in [0.3, 0.4) is 0 Å². The van der Waals surface area contributed by atoms with Crippen LogP contribution in [0.15, 0.2) is 71.9 Å². The summed E-state index contributed by atoms with van der Waals surface area (Å²) in [6.45, 7) is 2.39. The molecule has 0 saturated heterocycles. The molecule has 0 aliphatic rings. The first-order chi connectivity index (χ1) is 19.5. The molecule has 3 aromatic heterocycles. The Morgan fingerprint density at radius 1 is 1.12 bits per heavy atom. The number of nitrogens with one attached hydrogen (secondary N) is 1. The van der Waals surface area contributed by atoms with Crippen molar-refractivity contribution in [3.63, 3.8) is 0 Å². The SMILES string of the molecule is CCCCc1nc(Cl)c(C(=O)c2cccc(C=NO)[n+]2[O-])n1Cc1ccc(-c2ccccc2-c2nnn[nH]2)cc1. The summed E-state index contributed by atoms with van der Waals surface area (Å²) in [5.74, 6) is 0.656. The van der Waals surface area contributed by atoms with Gasteiger partial charge in [0.05, 0.1) is 0 Å². The molecular formula is C28H25ClN8O3. The Morgan fingerprint density at radius 2 is 1.90 bits per heavy atom. The number of aromatic amines is 1. The molecule has 0 unspecified atom stereocenters. The van der Waals surface area contributed by atoms with Crippen molar-refractivity contribution in [3.05, 3.63) is 106 Å². The fraction of sp³-hybridized carbons (Fsp3) is 0.179. The number of oxime groups is 1. The summed E-state index contributed by atoms with van der Waals surface area (Å²) in [6.07, 6.45) is 3.38. The number of rotatable bonds is 10. The minimum atomic E-state index is -0.574. The lowest BCUT2D eigenvalue weighted by Gasteiger charge is -2.13. The van der Waals surface area contributed by atoms with Gasteiger partial charge in [0.25, 0.3) is 11.5 Å². The van der Waals surface area contributed by atoms with Crippen molar-refractivity contribution in [2.45, 2.75) is 32.7 Å². The maximum atomic E-state index is 13.6. The van der Waals surface area contributed by atoms with E-state index in [1.807, 2.05) is 48.5 Å². The third-order valence-electron chi connectivity index (χ3n) is 6.50. The van der Waals surface area contributed by atoms with Crippen molar-refractivity contribution < 1.29 is 14.7 Å². The molecule has 0 amide bonds. The summed E-state index contributed by atoms with van der Waals surface area (Å²) >= 11 is 6.52. The normalized spacial score (nSPS) is 11.3. The summed E-state index contributed by atoms with van der Waals surface area (Å²) in [4.78, 5) is 18.1. The van der Waals surface area contributed by atoms with Crippen LogP contribution < -0.4 is 4.73 Å². The van der Waals surface area contributed by atoms with Gasteiger partial charge in [-0.3, -0.25) is 4.79 Å². The average molecular weight is 557 g/mol. The number of hydrogen-bond donors (Lipinski definition) is 2. The number of imidazole rings is 1. The van der Waals surface area contributed by atoms with Crippen molar-refractivity contribution in [2.75, 3.05) is 0 Å². The quantitative estimate of drug-likeness (QED) is 0.0644. The van der Waals surface area contributed by atoms with E-state index in [0.717, 1.165) is 41.3 Å². The number of unbranched alkanes of at least 4 members (excludes halogenated alkanes) is 1. The number of aryl methyl sites for hydroxylation is 1. The maximum Gasteiger partial charge on any atom is 0.277 e. The number of ketones is 1. The van der Waals surface area contributed by atoms with Gasteiger partial charge in [0, 0.05) is 30.7 Å². The van der Waals surface area contributed by atoms with Gasteiger partial charge in [0.15, 0.2) is 11.0 Å². The molecule has 3 heterocycles. The van der Waals surface area contributed by atoms with Crippen molar-refractivity contribution in [1.29, 1.82) is 0 Å². The van der Waals surface area contributed by atoms with Gasteiger partial charge in [0.2, 0.25) is 5.69 Å². The van der Waals surface area contributed by atoms with Crippen molar-refractivity contribution >= 4 is 23.6 Å². The van der Waals surface area contributed by atoms with Gasteiger partial charge in [-0.15, -0.1) is 5.10 Å². The summed E-state index contributed by atoms with van der Waals surface area (Å²) in [6, 6.07) is 20.1. The molecule has 0 fully saturated rings. The molecule has 0 radical (unpaired) electrons. The van der Waals surface area contributed by atoms with Crippen LogP contribution in [0.2, 0.25) is 5.15 Å². The minimum absolute atomic E-state index is 0.0127. The van der Waals surface area contributed by atoms with Crippen LogP contribution in [0.25, 0.3) is 22.5 Å². The van der Waals surface area contributed by atoms with E-state index in [9.17, 15) is 10.0 Å². The van der Waals surface area contributed by atoms with Crippen LogP contribution in [-0.2, 0) is 13.0 Å². The standard InChI is InChI=1S/C28H25ClN8O3/c1-2-3-11-24-31-27(29)25(26(38)23-10-6-7-20(16-30-39)37(23)40)36(24)17-18-12-14-19(15-13-18)21-8-4-5-9-22(21)28-32-34-35-33-28/h4-10,12-16,39H,2-3,11,17H2,1H3,(H,32,33,34,35). The van der Waals surface area contributed by atoms with E-state index in [1.54, 1.807) is 4.57 Å². The average Bonchev–Trinajstić information content (AvgIpc) is 3.61. The number of carbonyl (C=O) groups excluding carboxylic acids is 1. The summed E-state index contributed by atoms with van der Waals surface area (Å²) < 4.78 is 2.19. The van der Waals surface area contributed by atoms with Gasteiger partial charge < -0.3 is 15.0 Å². The topological polar surface area (TPSA) is 149 Å². The number of carbonyl (C=O) groups is 1. The number of hydrogen-bond acceptors (Lipinski definition) is 8. The largest absolute Gasteiger partial charge is 0.618 e. The molecule has 0 bridgehead atoms.